The SMILES string of the molecule is CCOc1ccccc1CNCC(OCC)OCC. The molecule has 0 aliphatic heterocycles. The molecule has 4 heteroatoms. The highest BCUT2D eigenvalue weighted by Crippen LogP contribution is 2.17. The van der Waals surface area contributed by atoms with E-state index in [0.717, 1.165) is 17.9 Å². The van der Waals surface area contributed by atoms with Crippen molar-refractivity contribution in [2.75, 3.05) is 26.4 Å². The molecule has 4 nitrogen and oxygen atoms in total. The van der Waals surface area contributed by atoms with Gasteiger partial charge in [-0.25, -0.2) is 0 Å². The van der Waals surface area contributed by atoms with Gasteiger partial charge in [-0.15, -0.1) is 0 Å². The third kappa shape index (κ3) is 6.05. The molecule has 0 atom stereocenters. The number of ether oxygens (including phenoxy) is 3. The Bertz CT molecular complexity index is 338. The van der Waals surface area contributed by atoms with E-state index in [1.165, 1.54) is 0 Å². The van der Waals surface area contributed by atoms with Gasteiger partial charge < -0.3 is 19.5 Å². The first-order valence-corrected chi connectivity index (χ1v) is 6.96. The van der Waals surface area contributed by atoms with Crippen LogP contribution in [-0.4, -0.2) is 32.7 Å². The Balaban J connectivity index is 2.42. The number of rotatable bonds is 10. The molecule has 1 aromatic carbocycles. The van der Waals surface area contributed by atoms with Crippen LogP contribution in [0.5, 0.6) is 5.75 Å². The Morgan fingerprint density at radius 1 is 1.00 bits per heavy atom. The predicted molar refractivity (Wildman–Crippen MR) is 76.4 cm³/mol. The zero-order valence-electron chi connectivity index (χ0n) is 12.1. The van der Waals surface area contributed by atoms with E-state index in [4.69, 9.17) is 14.2 Å². The Morgan fingerprint density at radius 2 is 1.68 bits per heavy atom. The fourth-order valence-corrected chi connectivity index (χ4v) is 1.81. The molecule has 0 aliphatic rings. The first-order chi connectivity index (χ1) is 9.31. The van der Waals surface area contributed by atoms with Crippen molar-refractivity contribution in [3.8, 4) is 5.75 Å². The van der Waals surface area contributed by atoms with Crippen molar-refractivity contribution in [2.45, 2.75) is 33.6 Å². The fraction of sp³-hybridized carbons (Fsp3) is 0.600. The van der Waals surface area contributed by atoms with Crippen LogP contribution in [0.15, 0.2) is 24.3 Å². The highest BCUT2D eigenvalue weighted by molar-refractivity contribution is 5.33. The van der Waals surface area contributed by atoms with Crippen molar-refractivity contribution in [1.82, 2.24) is 5.32 Å². The quantitative estimate of drug-likeness (QED) is 0.661. The fourth-order valence-electron chi connectivity index (χ4n) is 1.81. The molecule has 0 fully saturated rings. The predicted octanol–water partition coefficient (Wildman–Crippen LogP) is 2.57. The molecule has 0 bridgehead atoms. The van der Waals surface area contributed by atoms with Gasteiger partial charge in [0.05, 0.1) is 6.61 Å². The van der Waals surface area contributed by atoms with Crippen molar-refractivity contribution >= 4 is 0 Å². The van der Waals surface area contributed by atoms with Crippen LogP contribution in [0.25, 0.3) is 0 Å². The maximum Gasteiger partial charge on any atom is 0.169 e. The molecule has 0 aliphatic carbocycles. The third-order valence-electron chi connectivity index (χ3n) is 2.60. The lowest BCUT2D eigenvalue weighted by Crippen LogP contribution is -2.31. The molecule has 0 unspecified atom stereocenters. The van der Waals surface area contributed by atoms with Gasteiger partial charge in [-0.2, -0.15) is 0 Å². The van der Waals surface area contributed by atoms with E-state index in [2.05, 4.69) is 11.4 Å². The van der Waals surface area contributed by atoms with E-state index in [1.807, 2.05) is 39.0 Å². The van der Waals surface area contributed by atoms with Crippen molar-refractivity contribution in [3.63, 3.8) is 0 Å². The van der Waals surface area contributed by atoms with E-state index in [9.17, 15) is 0 Å². The smallest absolute Gasteiger partial charge is 0.169 e. The van der Waals surface area contributed by atoms with Crippen LogP contribution in [0.3, 0.4) is 0 Å². The summed E-state index contributed by atoms with van der Waals surface area (Å²) in [5, 5.41) is 3.34. The number of hydrogen-bond acceptors (Lipinski definition) is 4. The van der Waals surface area contributed by atoms with Crippen LogP contribution in [0.1, 0.15) is 26.3 Å². The first kappa shape index (κ1) is 16.0. The summed E-state index contributed by atoms with van der Waals surface area (Å²) in [7, 11) is 0. The van der Waals surface area contributed by atoms with Crippen LogP contribution in [0.2, 0.25) is 0 Å². The summed E-state index contributed by atoms with van der Waals surface area (Å²) in [6.45, 7) is 9.33. The minimum atomic E-state index is -0.186. The molecule has 0 amide bonds. The molecule has 0 aromatic heterocycles. The molecule has 0 spiro atoms. The van der Waals surface area contributed by atoms with Gasteiger partial charge >= 0.3 is 0 Å². The number of nitrogens with one attached hydrogen (secondary N) is 1. The highest BCUT2D eigenvalue weighted by atomic mass is 16.7. The summed E-state index contributed by atoms with van der Waals surface area (Å²) in [4.78, 5) is 0. The zero-order chi connectivity index (χ0) is 13.9. The van der Waals surface area contributed by atoms with E-state index in [-0.39, 0.29) is 6.29 Å². The lowest BCUT2D eigenvalue weighted by Gasteiger charge is -2.18. The zero-order valence-corrected chi connectivity index (χ0v) is 12.1. The molecule has 0 saturated heterocycles. The van der Waals surface area contributed by atoms with Gasteiger partial charge in [-0.1, -0.05) is 18.2 Å². The van der Waals surface area contributed by atoms with Gasteiger partial charge in [0, 0.05) is 31.9 Å². The molecule has 108 valence electrons. The second-order valence-electron chi connectivity index (χ2n) is 4.01. The second-order valence-corrected chi connectivity index (χ2v) is 4.01. The van der Waals surface area contributed by atoms with Crippen molar-refractivity contribution < 1.29 is 14.2 Å². The first-order valence-electron chi connectivity index (χ1n) is 6.96. The van der Waals surface area contributed by atoms with Crippen LogP contribution < -0.4 is 10.1 Å². The Kier molecular flexibility index (Phi) is 8.21. The van der Waals surface area contributed by atoms with Gasteiger partial charge in [0.25, 0.3) is 0 Å². The number of benzene rings is 1. The second kappa shape index (κ2) is 9.78. The minimum Gasteiger partial charge on any atom is -0.494 e. The molecular weight excluding hydrogens is 242 g/mol. The van der Waals surface area contributed by atoms with Crippen molar-refractivity contribution in [1.29, 1.82) is 0 Å². The molecule has 1 aromatic rings. The van der Waals surface area contributed by atoms with Gasteiger partial charge in [0.15, 0.2) is 6.29 Å². The van der Waals surface area contributed by atoms with E-state index >= 15 is 0 Å². The van der Waals surface area contributed by atoms with Gasteiger partial charge in [0.1, 0.15) is 5.75 Å². The van der Waals surface area contributed by atoms with Gasteiger partial charge in [-0.05, 0) is 26.8 Å². The van der Waals surface area contributed by atoms with Crippen LogP contribution >= 0.6 is 0 Å². The summed E-state index contributed by atoms with van der Waals surface area (Å²) in [5.74, 6) is 0.932. The highest BCUT2D eigenvalue weighted by Gasteiger charge is 2.08. The maximum absolute atomic E-state index is 5.59. The normalized spacial score (nSPS) is 10.9. The van der Waals surface area contributed by atoms with Gasteiger partial charge in [-0.3, -0.25) is 0 Å². The van der Waals surface area contributed by atoms with Crippen molar-refractivity contribution in [3.05, 3.63) is 29.8 Å². The van der Waals surface area contributed by atoms with Crippen LogP contribution in [-0.2, 0) is 16.0 Å². The third-order valence-corrected chi connectivity index (χ3v) is 2.60. The molecule has 0 heterocycles. The van der Waals surface area contributed by atoms with Crippen molar-refractivity contribution in [2.24, 2.45) is 0 Å². The standard InChI is InChI=1S/C15H25NO3/c1-4-17-14-10-8-7-9-13(14)11-16-12-15(18-5-2)19-6-3/h7-10,15-16H,4-6,11-12H2,1-3H3. The average Bonchev–Trinajstić information content (AvgIpc) is 2.41. The summed E-state index contributed by atoms with van der Waals surface area (Å²) in [6.07, 6.45) is -0.186. The lowest BCUT2D eigenvalue weighted by atomic mass is 10.2. The maximum atomic E-state index is 5.59. The monoisotopic (exact) mass is 267 g/mol. The molecule has 1 N–H and O–H groups in total. The number of hydrogen-bond donors (Lipinski definition) is 1. The summed E-state index contributed by atoms with van der Waals surface area (Å²) in [5.41, 5.74) is 1.15. The average molecular weight is 267 g/mol. The summed E-state index contributed by atoms with van der Waals surface area (Å²) in [6, 6.07) is 8.05. The lowest BCUT2D eigenvalue weighted by molar-refractivity contribution is -0.133. The minimum absolute atomic E-state index is 0.186. The van der Waals surface area contributed by atoms with Crippen LogP contribution in [0, 0.1) is 0 Å². The Hall–Kier alpha value is -1.10. The summed E-state index contributed by atoms with van der Waals surface area (Å²) < 4.78 is 16.6. The van der Waals surface area contributed by atoms with Gasteiger partial charge in [0.2, 0.25) is 0 Å². The molecule has 1 rings (SSSR count). The summed E-state index contributed by atoms with van der Waals surface area (Å²) >= 11 is 0. The van der Waals surface area contributed by atoms with E-state index < -0.39 is 0 Å². The Morgan fingerprint density at radius 3 is 2.32 bits per heavy atom. The molecular formula is C15H25NO3. The van der Waals surface area contributed by atoms with E-state index in [0.29, 0.717) is 26.4 Å². The van der Waals surface area contributed by atoms with E-state index in [1.54, 1.807) is 0 Å². The molecule has 0 saturated carbocycles. The number of para-hydroxylation sites is 1. The molecule has 19 heavy (non-hydrogen) atoms. The molecule has 0 radical (unpaired) electrons. The van der Waals surface area contributed by atoms with Crippen LogP contribution in [0.4, 0.5) is 0 Å². The largest absolute Gasteiger partial charge is 0.494 e. The Labute approximate surface area is 116 Å². The topological polar surface area (TPSA) is 39.7 Å².